The number of halogens is 1. The zero-order valence-electron chi connectivity index (χ0n) is 15.5. The lowest BCUT2D eigenvalue weighted by Crippen LogP contribution is -2.38. The predicted octanol–water partition coefficient (Wildman–Crippen LogP) is 6.04. The Kier molecular flexibility index (Phi) is 4.65. The molecule has 3 aromatic rings. The standard InChI is InChI=1S/C23H18ClNO3/c1-23(2)27-21-13-19(11-12-20(21)22(26)28-23)25-14-15-3-5-16(6-4-15)17-7-9-18(24)10-8-17/h3-14H,1-2H3. The zero-order chi connectivity index (χ0) is 19.7. The fraction of sp³-hybridized carbons (Fsp3) is 0.130. The molecule has 0 spiro atoms. The number of hydrogen-bond donors (Lipinski definition) is 0. The van der Waals surface area contributed by atoms with E-state index in [0.717, 1.165) is 21.7 Å². The molecule has 0 saturated heterocycles. The monoisotopic (exact) mass is 391 g/mol. The van der Waals surface area contributed by atoms with Crippen molar-refractivity contribution in [2.45, 2.75) is 19.6 Å². The molecule has 0 aliphatic carbocycles. The third kappa shape index (κ3) is 3.92. The molecule has 1 aliphatic rings. The van der Waals surface area contributed by atoms with Crippen LogP contribution in [0.3, 0.4) is 0 Å². The number of fused-ring (bicyclic) bond motifs is 1. The number of cyclic esters (lactones) is 1. The summed E-state index contributed by atoms with van der Waals surface area (Å²) in [6.45, 7) is 3.40. The summed E-state index contributed by atoms with van der Waals surface area (Å²) in [7, 11) is 0. The Morgan fingerprint density at radius 3 is 2.21 bits per heavy atom. The maximum atomic E-state index is 12.0. The molecule has 4 rings (SSSR count). The first kappa shape index (κ1) is 18.3. The van der Waals surface area contributed by atoms with Crippen LogP contribution in [0.4, 0.5) is 5.69 Å². The maximum absolute atomic E-state index is 12.0. The van der Waals surface area contributed by atoms with Crippen molar-refractivity contribution in [3.8, 4) is 16.9 Å². The molecular formula is C23H18ClNO3. The maximum Gasteiger partial charge on any atom is 0.345 e. The molecule has 5 heteroatoms. The Hall–Kier alpha value is -3.11. The van der Waals surface area contributed by atoms with E-state index >= 15 is 0 Å². The number of rotatable bonds is 3. The quantitative estimate of drug-likeness (QED) is 0.403. The van der Waals surface area contributed by atoms with Crippen LogP contribution in [-0.2, 0) is 4.74 Å². The van der Waals surface area contributed by atoms with Crippen LogP contribution in [0.2, 0.25) is 5.02 Å². The normalized spacial score (nSPS) is 15.0. The molecule has 0 amide bonds. The Labute approximate surface area is 168 Å². The number of benzene rings is 3. The summed E-state index contributed by atoms with van der Waals surface area (Å²) in [6, 6.07) is 21.0. The van der Waals surface area contributed by atoms with E-state index in [1.807, 2.05) is 48.5 Å². The van der Waals surface area contributed by atoms with Crippen molar-refractivity contribution < 1.29 is 14.3 Å². The van der Waals surface area contributed by atoms with Gasteiger partial charge in [-0.1, -0.05) is 48.0 Å². The summed E-state index contributed by atoms with van der Waals surface area (Å²) in [5.41, 5.74) is 4.29. The lowest BCUT2D eigenvalue weighted by molar-refractivity contribution is -0.127. The van der Waals surface area contributed by atoms with Crippen LogP contribution in [0.5, 0.6) is 5.75 Å². The van der Waals surface area contributed by atoms with Gasteiger partial charge in [0, 0.05) is 31.2 Å². The molecule has 140 valence electrons. The fourth-order valence-electron chi connectivity index (χ4n) is 2.96. The molecule has 0 aromatic heterocycles. The van der Waals surface area contributed by atoms with Gasteiger partial charge in [0.25, 0.3) is 0 Å². The third-order valence-electron chi connectivity index (χ3n) is 4.33. The Bertz CT molecular complexity index is 1050. The highest BCUT2D eigenvalue weighted by Gasteiger charge is 2.33. The molecule has 0 fully saturated rings. The van der Waals surface area contributed by atoms with E-state index in [1.54, 1.807) is 38.3 Å². The Balaban J connectivity index is 1.53. The summed E-state index contributed by atoms with van der Waals surface area (Å²) < 4.78 is 10.9. The topological polar surface area (TPSA) is 47.9 Å². The molecule has 0 saturated carbocycles. The van der Waals surface area contributed by atoms with Gasteiger partial charge < -0.3 is 9.47 Å². The van der Waals surface area contributed by atoms with Gasteiger partial charge in [-0.25, -0.2) is 4.79 Å². The lowest BCUT2D eigenvalue weighted by Gasteiger charge is -2.31. The number of hydrogen-bond acceptors (Lipinski definition) is 4. The average molecular weight is 392 g/mol. The molecule has 0 radical (unpaired) electrons. The largest absolute Gasteiger partial charge is 0.452 e. The number of esters is 1. The summed E-state index contributed by atoms with van der Waals surface area (Å²) in [6.07, 6.45) is 1.78. The first-order valence-corrected chi connectivity index (χ1v) is 9.24. The Morgan fingerprint density at radius 2 is 1.54 bits per heavy atom. The third-order valence-corrected chi connectivity index (χ3v) is 4.58. The molecule has 1 aliphatic heterocycles. The highest BCUT2D eigenvalue weighted by atomic mass is 35.5. The van der Waals surface area contributed by atoms with E-state index in [4.69, 9.17) is 21.1 Å². The smallest absolute Gasteiger partial charge is 0.345 e. The highest BCUT2D eigenvalue weighted by molar-refractivity contribution is 6.30. The van der Waals surface area contributed by atoms with Gasteiger partial charge in [0.1, 0.15) is 11.3 Å². The van der Waals surface area contributed by atoms with Gasteiger partial charge in [0.15, 0.2) is 0 Å². The van der Waals surface area contributed by atoms with Crippen LogP contribution in [0.25, 0.3) is 11.1 Å². The fourth-order valence-corrected chi connectivity index (χ4v) is 3.09. The minimum Gasteiger partial charge on any atom is -0.452 e. The second-order valence-electron chi connectivity index (χ2n) is 6.96. The second-order valence-corrected chi connectivity index (χ2v) is 7.40. The first-order valence-electron chi connectivity index (χ1n) is 8.86. The summed E-state index contributed by atoms with van der Waals surface area (Å²) in [5, 5.41) is 0.721. The van der Waals surface area contributed by atoms with Gasteiger partial charge >= 0.3 is 5.97 Å². The van der Waals surface area contributed by atoms with Crippen LogP contribution in [0.1, 0.15) is 29.8 Å². The number of carbonyl (C=O) groups is 1. The van der Waals surface area contributed by atoms with Crippen molar-refractivity contribution in [2.24, 2.45) is 4.99 Å². The predicted molar refractivity (Wildman–Crippen MR) is 111 cm³/mol. The van der Waals surface area contributed by atoms with E-state index in [9.17, 15) is 4.79 Å². The van der Waals surface area contributed by atoms with Gasteiger partial charge in [-0.15, -0.1) is 0 Å². The van der Waals surface area contributed by atoms with Gasteiger partial charge in [-0.3, -0.25) is 4.99 Å². The molecule has 0 bridgehead atoms. The minimum absolute atomic E-state index is 0.389. The van der Waals surface area contributed by atoms with E-state index in [1.165, 1.54) is 0 Å². The lowest BCUT2D eigenvalue weighted by atomic mass is 10.0. The Morgan fingerprint density at radius 1 is 0.893 bits per heavy atom. The first-order chi connectivity index (χ1) is 13.4. The SMILES string of the molecule is CC1(C)OC(=O)c2ccc(N=Cc3ccc(-c4ccc(Cl)cc4)cc3)cc2O1. The van der Waals surface area contributed by atoms with Crippen LogP contribution in [0.15, 0.2) is 71.7 Å². The minimum atomic E-state index is -0.982. The molecule has 0 unspecified atom stereocenters. The molecule has 0 atom stereocenters. The summed E-state index contributed by atoms with van der Waals surface area (Å²) in [4.78, 5) is 16.5. The van der Waals surface area contributed by atoms with E-state index in [2.05, 4.69) is 4.99 Å². The molecule has 4 nitrogen and oxygen atoms in total. The van der Waals surface area contributed by atoms with E-state index in [-0.39, 0.29) is 5.97 Å². The van der Waals surface area contributed by atoms with Gasteiger partial charge in [0.2, 0.25) is 5.79 Å². The number of aliphatic imine (C=N–C) groups is 1. The van der Waals surface area contributed by atoms with Crippen molar-refractivity contribution in [1.82, 2.24) is 0 Å². The zero-order valence-corrected chi connectivity index (χ0v) is 16.2. The van der Waals surface area contributed by atoms with Crippen molar-refractivity contribution in [3.63, 3.8) is 0 Å². The highest BCUT2D eigenvalue weighted by Crippen LogP contribution is 2.34. The van der Waals surface area contributed by atoms with E-state index in [0.29, 0.717) is 17.0 Å². The summed E-state index contributed by atoms with van der Waals surface area (Å²) in [5.74, 6) is -0.891. The molecule has 1 heterocycles. The summed E-state index contributed by atoms with van der Waals surface area (Å²) >= 11 is 5.94. The molecule has 3 aromatic carbocycles. The molecule has 28 heavy (non-hydrogen) atoms. The van der Waals surface area contributed by atoms with Gasteiger partial charge in [-0.05, 0) is 41.0 Å². The van der Waals surface area contributed by atoms with Crippen molar-refractivity contribution in [2.75, 3.05) is 0 Å². The second kappa shape index (κ2) is 7.13. The van der Waals surface area contributed by atoms with Crippen LogP contribution in [-0.4, -0.2) is 18.0 Å². The van der Waals surface area contributed by atoms with Crippen molar-refractivity contribution >= 4 is 29.5 Å². The van der Waals surface area contributed by atoms with Crippen LogP contribution >= 0.6 is 11.6 Å². The van der Waals surface area contributed by atoms with Crippen molar-refractivity contribution in [1.29, 1.82) is 0 Å². The molecular weight excluding hydrogens is 374 g/mol. The van der Waals surface area contributed by atoms with Crippen LogP contribution in [0, 0.1) is 0 Å². The number of nitrogens with zero attached hydrogens (tertiary/aromatic N) is 1. The van der Waals surface area contributed by atoms with Crippen molar-refractivity contribution in [3.05, 3.63) is 82.9 Å². The average Bonchev–Trinajstić information content (AvgIpc) is 2.66. The number of carbonyl (C=O) groups excluding carboxylic acids is 1. The van der Waals surface area contributed by atoms with Crippen LogP contribution < -0.4 is 4.74 Å². The van der Waals surface area contributed by atoms with Gasteiger partial charge in [0.05, 0.1) is 5.69 Å². The number of ether oxygens (including phenoxy) is 2. The van der Waals surface area contributed by atoms with E-state index < -0.39 is 5.79 Å². The van der Waals surface area contributed by atoms with Gasteiger partial charge in [-0.2, -0.15) is 0 Å². The molecule has 0 N–H and O–H groups in total.